The fourth-order valence-corrected chi connectivity index (χ4v) is 1.90. The highest BCUT2D eigenvalue weighted by Gasteiger charge is 2.24. The number of carbonyl (C=O) groups excluding carboxylic acids is 1. The molecule has 0 aliphatic heterocycles. The minimum Gasteiger partial charge on any atom is -0.300 e. The van der Waals surface area contributed by atoms with Crippen molar-refractivity contribution in [3.05, 3.63) is 0 Å². The molecule has 0 unspecified atom stereocenters. The molecule has 0 aromatic heterocycles. The second-order valence-electron chi connectivity index (χ2n) is 2.57. The summed E-state index contributed by atoms with van der Waals surface area (Å²) in [6.45, 7) is 5.39. The Morgan fingerprint density at radius 2 is 1.64 bits per heavy atom. The highest BCUT2D eigenvalue weighted by Crippen LogP contribution is 2.49. The van der Waals surface area contributed by atoms with Gasteiger partial charge in [-0.05, 0) is 20.8 Å². The smallest absolute Gasteiger partial charge is 0.300 e. The standard InChI is InChI=1S/C8H17O5P/c1-4-11-14(10,12-5-2)13-7-6-8(3)9/h4-7H2,1-3H3. The van der Waals surface area contributed by atoms with Crippen molar-refractivity contribution < 1.29 is 22.9 Å². The summed E-state index contributed by atoms with van der Waals surface area (Å²) < 4.78 is 26.2. The third-order valence-corrected chi connectivity index (χ3v) is 2.93. The Bertz CT molecular complexity index is 206. The van der Waals surface area contributed by atoms with Crippen LogP contribution in [0.4, 0.5) is 0 Å². The number of hydrogen-bond acceptors (Lipinski definition) is 5. The Morgan fingerprint density at radius 3 is 2.00 bits per heavy atom. The molecule has 0 aromatic carbocycles. The van der Waals surface area contributed by atoms with E-state index in [1.807, 2.05) is 0 Å². The molecule has 84 valence electrons. The summed E-state index contributed by atoms with van der Waals surface area (Å²) in [7, 11) is -3.43. The molecular weight excluding hydrogens is 207 g/mol. The van der Waals surface area contributed by atoms with Crippen molar-refractivity contribution in [3.63, 3.8) is 0 Å². The third-order valence-electron chi connectivity index (χ3n) is 1.28. The van der Waals surface area contributed by atoms with Crippen molar-refractivity contribution in [2.45, 2.75) is 27.2 Å². The zero-order chi connectivity index (χ0) is 11.0. The SMILES string of the molecule is CCOP(=O)(OCC)OCCC(C)=O. The largest absolute Gasteiger partial charge is 0.474 e. The summed E-state index contributed by atoms with van der Waals surface area (Å²) in [6.07, 6.45) is 0.212. The third kappa shape index (κ3) is 6.27. The number of ketones is 1. The summed E-state index contributed by atoms with van der Waals surface area (Å²) in [6, 6.07) is 0. The Labute approximate surface area is 84.3 Å². The molecular formula is C8H17O5P. The number of carbonyl (C=O) groups is 1. The van der Waals surface area contributed by atoms with Crippen LogP contribution in [0.25, 0.3) is 0 Å². The molecule has 0 spiro atoms. The number of phosphoric ester groups is 1. The van der Waals surface area contributed by atoms with Crippen LogP contribution in [-0.4, -0.2) is 25.6 Å². The van der Waals surface area contributed by atoms with Crippen LogP contribution in [0.3, 0.4) is 0 Å². The minimum atomic E-state index is -3.43. The van der Waals surface area contributed by atoms with E-state index in [0.717, 1.165) is 0 Å². The average molecular weight is 224 g/mol. The van der Waals surface area contributed by atoms with E-state index in [-0.39, 0.29) is 32.0 Å². The van der Waals surface area contributed by atoms with Gasteiger partial charge in [-0.3, -0.25) is 18.4 Å². The van der Waals surface area contributed by atoms with Crippen LogP contribution in [0.15, 0.2) is 0 Å². The predicted molar refractivity (Wildman–Crippen MR) is 52.1 cm³/mol. The lowest BCUT2D eigenvalue weighted by Gasteiger charge is -2.15. The normalized spacial score (nSPS) is 11.6. The van der Waals surface area contributed by atoms with Crippen LogP contribution >= 0.6 is 7.82 Å². The van der Waals surface area contributed by atoms with E-state index in [2.05, 4.69) is 0 Å². The molecule has 0 fully saturated rings. The molecule has 0 N–H and O–H groups in total. The fraction of sp³-hybridized carbons (Fsp3) is 0.875. The lowest BCUT2D eigenvalue weighted by atomic mass is 10.3. The van der Waals surface area contributed by atoms with E-state index < -0.39 is 7.82 Å². The maximum atomic E-state index is 11.6. The Hall–Kier alpha value is -0.220. The van der Waals surface area contributed by atoms with Gasteiger partial charge in [-0.2, -0.15) is 0 Å². The summed E-state index contributed by atoms with van der Waals surface area (Å²) >= 11 is 0. The first-order valence-corrected chi connectivity index (χ1v) is 6.03. The van der Waals surface area contributed by atoms with Crippen molar-refractivity contribution in [3.8, 4) is 0 Å². The van der Waals surface area contributed by atoms with E-state index in [1.165, 1.54) is 6.92 Å². The highest BCUT2D eigenvalue weighted by atomic mass is 31.2. The van der Waals surface area contributed by atoms with Crippen LogP contribution in [0.1, 0.15) is 27.2 Å². The number of rotatable bonds is 8. The van der Waals surface area contributed by atoms with Crippen molar-refractivity contribution in [1.29, 1.82) is 0 Å². The Morgan fingerprint density at radius 1 is 1.14 bits per heavy atom. The topological polar surface area (TPSA) is 61.8 Å². The predicted octanol–water partition coefficient (Wildman–Crippen LogP) is 2.16. The van der Waals surface area contributed by atoms with Crippen molar-refractivity contribution >= 4 is 13.6 Å². The first kappa shape index (κ1) is 13.8. The lowest BCUT2D eigenvalue weighted by molar-refractivity contribution is -0.117. The van der Waals surface area contributed by atoms with Crippen LogP contribution in [0.2, 0.25) is 0 Å². The molecule has 14 heavy (non-hydrogen) atoms. The second-order valence-corrected chi connectivity index (χ2v) is 4.24. The van der Waals surface area contributed by atoms with Crippen molar-refractivity contribution in [2.75, 3.05) is 19.8 Å². The van der Waals surface area contributed by atoms with Gasteiger partial charge in [-0.1, -0.05) is 0 Å². The molecule has 0 bridgehead atoms. The summed E-state index contributed by atoms with van der Waals surface area (Å²) in [5.74, 6) is -0.0236. The molecule has 0 aromatic rings. The van der Waals surface area contributed by atoms with Crippen LogP contribution < -0.4 is 0 Å². The molecule has 0 saturated carbocycles. The highest BCUT2D eigenvalue weighted by molar-refractivity contribution is 7.48. The summed E-state index contributed by atoms with van der Waals surface area (Å²) in [5, 5.41) is 0. The number of phosphoric acid groups is 1. The van der Waals surface area contributed by atoms with Gasteiger partial charge in [0.15, 0.2) is 0 Å². The van der Waals surface area contributed by atoms with E-state index >= 15 is 0 Å². The Kier molecular flexibility index (Phi) is 7.01. The van der Waals surface area contributed by atoms with Gasteiger partial charge >= 0.3 is 7.82 Å². The monoisotopic (exact) mass is 224 g/mol. The molecule has 0 amide bonds. The quantitative estimate of drug-likeness (QED) is 0.591. The molecule has 0 saturated heterocycles. The van der Waals surface area contributed by atoms with Gasteiger partial charge in [0.2, 0.25) is 0 Å². The van der Waals surface area contributed by atoms with Crippen LogP contribution in [0, 0.1) is 0 Å². The van der Waals surface area contributed by atoms with Gasteiger partial charge in [0.25, 0.3) is 0 Å². The first-order valence-electron chi connectivity index (χ1n) is 4.57. The number of Topliss-reactive ketones (excluding diaryl/α,β-unsaturated/α-hetero) is 1. The van der Waals surface area contributed by atoms with E-state index in [4.69, 9.17) is 13.6 Å². The number of hydrogen-bond donors (Lipinski definition) is 0. The zero-order valence-corrected chi connectivity index (χ0v) is 9.71. The van der Waals surface area contributed by atoms with Crippen molar-refractivity contribution in [1.82, 2.24) is 0 Å². The molecule has 0 aliphatic carbocycles. The van der Waals surface area contributed by atoms with E-state index in [9.17, 15) is 9.36 Å². The average Bonchev–Trinajstić information content (AvgIpc) is 2.03. The zero-order valence-electron chi connectivity index (χ0n) is 8.82. The summed E-state index contributed by atoms with van der Waals surface area (Å²) in [5.41, 5.74) is 0. The minimum absolute atomic E-state index is 0.0236. The van der Waals surface area contributed by atoms with Crippen LogP contribution in [-0.2, 0) is 22.9 Å². The molecule has 0 rings (SSSR count). The van der Waals surface area contributed by atoms with E-state index in [1.54, 1.807) is 13.8 Å². The van der Waals surface area contributed by atoms with Crippen LogP contribution in [0.5, 0.6) is 0 Å². The van der Waals surface area contributed by atoms with Gasteiger partial charge in [-0.15, -0.1) is 0 Å². The summed E-state index contributed by atoms with van der Waals surface area (Å²) in [4.78, 5) is 10.6. The fourth-order valence-electron chi connectivity index (χ4n) is 0.729. The van der Waals surface area contributed by atoms with Gasteiger partial charge in [0.1, 0.15) is 5.78 Å². The Balaban J connectivity index is 3.96. The molecule has 0 radical (unpaired) electrons. The first-order chi connectivity index (χ1) is 6.54. The van der Waals surface area contributed by atoms with Gasteiger partial charge in [-0.25, -0.2) is 4.57 Å². The van der Waals surface area contributed by atoms with E-state index in [0.29, 0.717) is 0 Å². The maximum absolute atomic E-state index is 11.6. The van der Waals surface area contributed by atoms with Crippen molar-refractivity contribution in [2.24, 2.45) is 0 Å². The lowest BCUT2D eigenvalue weighted by Crippen LogP contribution is -2.04. The maximum Gasteiger partial charge on any atom is 0.474 e. The second kappa shape index (κ2) is 7.12. The van der Waals surface area contributed by atoms with Gasteiger partial charge in [0.05, 0.1) is 19.8 Å². The van der Waals surface area contributed by atoms with Gasteiger partial charge in [0, 0.05) is 6.42 Å². The van der Waals surface area contributed by atoms with Gasteiger partial charge < -0.3 is 0 Å². The molecule has 5 nitrogen and oxygen atoms in total. The molecule has 0 heterocycles. The molecule has 0 atom stereocenters. The molecule has 0 aliphatic rings. The molecule has 6 heteroatoms.